The maximum atomic E-state index is 13.5. The van der Waals surface area contributed by atoms with Gasteiger partial charge in [0.1, 0.15) is 27.1 Å². The average Bonchev–Trinajstić information content (AvgIpc) is 3.74. The lowest BCUT2D eigenvalue weighted by atomic mass is 10.0. The number of benzene rings is 2. The summed E-state index contributed by atoms with van der Waals surface area (Å²) in [5, 5.41) is 15.5. The number of likely N-dealkylation sites (tertiary alicyclic amines) is 1. The van der Waals surface area contributed by atoms with E-state index in [1.807, 2.05) is 36.4 Å². The van der Waals surface area contributed by atoms with Crippen molar-refractivity contribution in [2.24, 2.45) is 5.92 Å². The van der Waals surface area contributed by atoms with E-state index in [1.165, 1.54) is 38.0 Å². The molecule has 13 heteroatoms. The lowest BCUT2D eigenvalue weighted by molar-refractivity contribution is -0.605. The largest absolute Gasteiger partial charge is 0.619 e. The number of hydrogen-bond donors (Lipinski definition) is 1. The first-order chi connectivity index (χ1) is 23.1. The van der Waals surface area contributed by atoms with Crippen molar-refractivity contribution in [2.45, 2.75) is 31.5 Å². The Bertz CT molecular complexity index is 1700. The van der Waals surface area contributed by atoms with Crippen LogP contribution in [0.15, 0.2) is 73.1 Å². The molecule has 254 valence electrons. The first-order valence-corrected chi connectivity index (χ1v) is 16.9. The number of rotatable bonds is 14. The number of pyridine rings is 1. The number of aromatic nitrogens is 1. The van der Waals surface area contributed by atoms with E-state index in [1.54, 1.807) is 24.3 Å². The zero-order valence-corrected chi connectivity index (χ0v) is 29.1. The van der Waals surface area contributed by atoms with Gasteiger partial charge >= 0.3 is 11.9 Å². The van der Waals surface area contributed by atoms with Crippen molar-refractivity contribution < 1.29 is 33.3 Å². The number of ether oxygens (including phenoxy) is 4. The van der Waals surface area contributed by atoms with Gasteiger partial charge in [0, 0.05) is 35.9 Å². The van der Waals surface area contributed by atoms with Crippen molar-refractivity contribution in [1.82, 2.24) is 10.2 Å². The first kappa shape index (κ1) is 35.4. The van der Waals surface area contributed by atoms with Crippen LogP contribution in [-0.2, 0) is 27.2 Å². The lowest BCUT2D eigenvalue weighted by Gasteiger charge is -2.20. The van der Waals surface area contributed by atoms with Gasteiger partial charge in [0.25, 0.3) is 0 Å². The summed E-state index contributed by atoms with van der Waals surface area (Å²) < 4.78 is 23.2. The summed E-state index contributed by atoms with van der Waals surface area (Å²) in [4.78, 5) is 30.2. The maximum Gasteiger partial charge on any atom is 0.348 e. The smallest absolute Gasteiger partial charge is 0.348 e. The maximum absolute atomic E-state index is 13.5. The molecule has 1 aliphatic heterocycles. The highest BCUT2D eigenvalue weighted by molar-refractivity contribution is 7.13. The van der Waals surface area contributed by atoms with Crippen LogP contribution in [0.1, 0.15) is 49.8 Å². The Labute approximate surface area is 293 Å². The van der Waals surface area contributed by atoms with Crippen LogP contribution in [0.2, 0.25) is 10.0 Å². The fourth-order valence-corrected chi connectivity index (χ4v) is 7.03. The van der Waals surface area contributed by atoms with Crippen molar-refractivity contribution in [3.05, 3.63) is 115 Å². The molecule has 10 nitrogen and oxygen atoms in total. The number of esters is 2. The Balaban J connectivity index is 1.30. The minimum Gasteiger partial charge on any atom is -0.619 e. The number of carbonyl (C=O) groups excluding carboxylic acids is 2. The zero-order chi connectivity index (χ0) is 34.2. The van der Waals surface area contributed by atoms with Gasteiger partial charge in [-0.15, -0.1) is 11.3 Å². The van der Waals surface area contributed by atoms with Crippen LogP contribution >= 0.6 is 34.5 Å². The third kappa shape index (κ3) is 8.97. The summed E-state index contributed by atoms with van der Waals surface area (Å²) in [5.41, 5.74) is 1.85. The third-order valence-corrected chi connectivity index (χ3v) is 9.85. The van der Waals surface area contributed by atoms with Crippen LogP contribution in [0.4, 0.5) is 0 Å². The van der Waals surface area contributed by atoms with E-state index in [2.05, 4.69) is 17.3 Å². The van der Waals surface area contributed by atoms with Gasteiger partial charge in [-0.25, -0.2) is 9.59 Å². The topological polar surface area (TPSA) is 113 Å². The van der Waals surface area contributed by atoms with Gasteiger partial charge in [0.15, 0.2) is 23.9 Å². The average molecular weight is 715 g/mol. The molecule has 5 rings (SSSR count). The Hall–Kier alpha value is -3.87. The van der Waals surface area contributed by atoms with E-state index in [-0.39, 0.29) is 22.4 Å². The quantitative estimate of drug-likeness (QED) is 0.0931. The minimum atomic E-state index is -0.838. The SMILES string of the molecule is COc1ccc([C@H](Cc2c(Cl)c[n+]([O-])cc2Cl)OC(=O)c2ccc(CNC(C(=O)OC[C@@H]3CCN(C)C3)c3ccccc3)s2)cc1OC. The van der Waals surface area contributed by atoms with E-state index in [0.29, 0.717) is 51.3 Å². The Morgan fingerprint density at radius 1 is 1.02 bits per heavy atom. The number of carbonyl (C=O) groups is 2. The van der Waals surface area contributed by atoms with E-state index in [4.69, 9.17) is 42.1 Å². The molecule has 1 N–H and O–H groups in total. The van der Waals surface area contributed by atoms with Crippen molar-refractivity contribution in [1.29, 1.82) is 0 Å². The second-order valence-electron chi connectivity index (χ2n) is 11.5. The van der Waals surface area contributed by atoms with E-state index < -0.39 is 18.1 Å². The number of hydrogen-bond acceptors (Lipinski definition) is 10. The highest BCUT2D eigenvalue weighted by atomic mass is 35.5. The Morgan fingerprint density at radius 3 is 2.42 bits per heavy atom. The summed E-state index contributed by atoms with van der Waals surface area (Å²) >= 11 is 14.0. The minimum absolute atomic E-state index is 0.0948. The second kappa shape index (κ2) is 16.5. The van der Waals surface area contributed by atoms with Gasteiger partial charge in [0.05, 0.1) is 20.8 Å². The molecule has 0 radical (unpaired) electrons. The molecule has 0 saturated carbocycles. The van der Waals surface area contributed by atoms with Gasteiger partial charge in [-0.05, 0) is 55.4 Å². The van der Waals surface area contributed by atoms with Gasteiger partial charge in [-0.2, -0.15) is 4.73 Å². The summed E-state index contributed by atoms with van der Waals surface area (Å²) in [7, 11) is 5.11. The van der Waals surface area contributed by atoms with Crippen molar-refractivity contribution in [3.8, 4) is 11.5 Å². The molecule has 0 spiro atoms. The molecular weight excluding hydrogens is 677 g/mol. The number of thiophene rings is 1. The summed E-state index contributed by atoms with van der Waals surface area (Å²) in [6, 6.07) is 17.4. The summed E-state index contributed by atoms with van der Waals surface area (Å²) in [5.74, 6) is 0.374. The molecular formula is C35H37Cl2N3O7S. The fourth-order valence-electron chi connectivity index (χ4n) is 5.59. The second-order valence-corrected chi connectivity index (χ2v) is 13.5. The lowest BCUT2D eigenvalue weighted by Crippen LogP contribution is -2.31. The Morgan fingerprint density at radius 2 is 1.75 bits per heavy atom. The van der Waals surface area contributed by atoms with Crippen LogP contribution in [0.3, 0.4) is 0 Å². The fraction of sp³-hybridized carbons (Fsp3) is 0.343. The summed E-state index contributed by atoms with van der Waals surface area (Å²) in [6.45, 7) is 2.60. The normalized spacial score (nSPS) is 15.9. The van der Waals surface area contributed by atoms with E-state index >= 15 is 0 Å². The van der Waals surface area contributed by atoms with Crippen molar-refractivity contribution >= 4 is 46.5 Å². The van der Waals surface area contributed by atoms with Crippen molar-refractivity contribution in [3.63, 3.8) is 0 Å². The zero-order valence-electron chi connectivity index (χ0n) is 26.8. The molecule has 3 atom stereocenters. The monoisotopic (exact) mass is 713 g/mol. The molecule has 1 fully saturated rings. The van der Waals surface area contributed by atoms with Crippen LogP contribution in [0.25, 0.3) is 0 Å². The van der Waals surface area contributed by atoms with Gasteiger partial charge in [0.2, 0.25) is 0 Å². The number of methoxy groups -OCH3 is 2. The molecule has 1 unspecified atom stereocenters. The highest BCUT2D eigenvalue weighted by Crippen LogP contribution is 2.36. The Kier molecular flexibility index (Phi) is 12.2. The molecule has 0 aliphatic carbocycles. The molecule has 1 saturated heterocycles. The molecule has 4 aromatic rings. The standard InChI is InChI=1S/C35H37Cl2N3O7S/c1-39-14-13-22(18-39)21-46-35(42)33(23-7-5-4-6-8-23)38-17-25-10-12-32(48-25)34(41)47-30(16-26-27(36)19-40(43)20-28(26)37)24-9-11-29(44-2)31(15-24)45-3/h4-12,15,19-20,22,30,33,38H,13-14,16-18,21H2,1-3H3/t22-,30+,33?/m1/s1. The van der Waals surface area contributed by atoms with Crippen LogP contribution < -0.4 is 19.5 Å². The first-order valence-electron chi connectivity index (χ1n) is 15.4. The van der Waals surface area contributed by atoms with Gasteiger partial charge < -0.3 is 29.1 Å². The van der Waals surface area contributed by atoms with Crippen LogP contribution in [0.5, 0.6) is 11.5 Å². The van der Waals surface area contributed by atoms with Gasteiger partial charge in [-0.3, -0.25) is 5.32 Å². The van der Waals surface area contributed by atoms with Crippen LogP contribution in [-0.4, -0.2) is 57.8 Å². The molecule has 2 aromatic heterocycles. The van der Waals surface area contributed by atoms with E-state index in [9.17, 15) is 14.8 Å². The van der Waals surface area contributed by atoms with Crippen molar-refractivity contribution in [2.75, 3.05) is 41.0 Å². The van der Waals surface area contributed by atoms with Gasteiger partial charge in [-0.1, -0.05) is 59.6 Å². The molecule has 1 aliphatic rings. The number of halogens is 2. The summed E-state index contributed by atoms with van der Waals surface area (Å²) in [6.07, 6.45) is 2.65. The predicted octanol–water partition coefficient (Wildman–Crippen LogP) is 6.17. The highest BCUT2D eigenvalue weighted by Gasteiger charge is 2.27. The predicted molar refractivity (Wildman–Crippen MR) is 184 cm³/mol. The number of nitrogens with one attached hydrogen (secondary N) is 1. The van der Waals surface area contributed by atoms with E-state index in [0.717, 1.165) is 30.0 Å². The third-order valence-electron chi connectivity index (χ3n) is 8.14. The molecule has 0 amide bonds. The molecule has 3 heterocycles. The molecule has 0 bridgehead atoms. The molecule has 48 heavy (non-hydrogen) atoms. The number of nitrogens with zero attached hydrogens (tertiary/aromatic N) is 2. The molecule has 2 aromatic carbocycles. The van der Waals surface area contributed by atoms with Crippen LogP contribution in [0, 0.1) is 11.1 Å².